The zero-order valence-electron chi connectivity index (χ0n) is 8.45. The summed E-state index contributed by atoms with van der Waals surface area (Å²) in [6.45, 7) is 0. The fourth-order valence-electron chi connectivity index (χ4n) is 1.10. The van der Waals surface area contributed by atoms with E-state index in [-0.39, 0.29) is 10.8 Å². The molecule has 1 aromatic carbocycles. The van der Waals surface area contributed by atoms with Gasteiger partial charge in [0.2, 0.25) is 0 Å². The van der Waals surface area contributed by atoms with Crippen molar-refractivity contribution in [3.8, 4) is 0 Å². The number of nitrogens with two attached hydrogens (primary N) is 2. The number of hydrogen-bond acceptors (Lipinski definition) is 2. The van der Waals surface area contributed by atoms with E-state index in [4.69, 9.17) is 23.8 Å². The lowest BCUT2D eigenvalue weighted by Crippen LogP contribution is -2.59. The molecule has 1 atom stereocenters. The summed E-state index contributed by atoms with van der Waals surface area (Å²) in [4.78, 5) is 0. The van der Waals surface area contributed by atoms with Crippen LogP contribution in [0.3, 0.4) is 0 Å². The molecular weight excluding hydrogens is 239 g/mol. The van der Waals surface area contributed by atoms with Crippen LogP contribution in [0.5, 0.6) is 0 Å². The van der Waals surface area contributed by atoms with Crippen molar-refractivity contribution in [2.75, 3.05) is 7.05 Å². The Labute approximate surface area is 96.0 Å². The van der Waals surface area contributed by atoms with Crippen LogP contribution < -0.4 is 16.2 Å². The predicted molar refractivity (Wildman–Crippen MR) is 60.1 cm³/mol. The summed E-state index contributed by atoms with van der Waals surface area (Å²) in [5.41, 5.74) is 4.76. The molecule has 0 aromatic heterocycles. The average Bonchev–Trinajstić information content (AvgIpc) is 2.16. The standard InChI is InChI=1S/C9H10F3N3S/c1-15(14,8(13)16)7-4-2-3-6(5-7)9(10,11)12/h2-5H,14H2,1H3,(H-,13,16)/p+1. The van der Waals surface area contributed by atoms with Gasteiger partial charge in [-0.3, -0.25) is 0 Å². The van der Waals surface area contributed by atoms with E-state index >= 15 is 0 Å². The number of nitrogens with zero attached hydrogens (tertiary/aromatic N) is 1. The lowest BCUT2D eigenvalue weighted by atomic mass is 10.2. The van der Waals surface area contributed by atoms with Gasteiger partial charge in [-0.15, -0.1) is 0 Å². The molecule has 0 bridgehead atoms. The SMILES string of the molecule is C[N+](N)(C(N)=S)c1cccc(C(F)(F)F)c1. The van der Waals surface area contributed by atoms with Gasteiger partial charge in [0.05, 0.1) is 12.6 Å². The molecule has 1 unspecified atom stereocenters. The van der Waals surface area contributed by atoms with Crippen molar-refractivity contribution in [2.24, 2.45) is 11.6 Å². The number of rotatable bonds is 1. The molecule has 0 heterocycles. The highest BCUT2D eigenvalue weighted by Gasteiger charge is 2.33. The van der Waals surface area contributed by atoms with Crippen molar-refractivity contribution < 1.29 is 13.2 Å². The Morgan fingerprint density at radius 1 is 1.38 bits per heavy atom. The smallest absolute Gasteiger partial charge is 0.343 e. The van der Waals surface area contributed by atoms with Crippen LogP contribution >= 0.6 is 12.2 Å². The van der Waals surface area contributed by atoms with Crippen LogP contribution in [0.15, 0.2) is 24.3 Å². The molecule has 0 fully saturated rings. The summed E-state index contributed by atoms with van der Waals surface area (Å²) in [5, 5.41) is -0.112. The Morgan fingerprint density at radius 3 is 2.38 bits per heavy atom. The highest BCUT2D eigenvalue weighted by molar-refractivity contribution is 7.80. The third-order valence-corrected chi connectivity index (χ3v) is 2.55. The molecule has 0 spiro atoms. The second-order valence-electron chi connectivity index (χ2n) is 3.46. The van der Waals surface area contributed by atoms with Gasteiger partial charge in [-0.25, -0.2) is 0 Å². The molecule has 0 saturated heterocycles. The van der Waals surface area contributed by atoms with Crippen molar-refractivity contribution in [2.45, 2.75) is 6.18 Å². The zero-order valence-corrected chi connectivity index (χ0v) is 9.27. The van der Waals surface area contributed by atoms with Gasteiger partial charge in [-0.1, -0.05) is 6.07 Å². The highest BCUT2D eigenvalue weighted by Crippen LogP contribution is 2.32. The van der Waals surface area contributed by atoms with Crippen molar-refractivity contribution in [3.63, 3.8) is 0 Å². The second-order valence-corrected chi connectivity index (χ2v) is 3.88. The quantitative estimate of drug-likeness (QED) is 0.345. The number of halogens is 3. The third kappa shape index (κ3) is 2.49. The van der Waals surface area contributed by atoms with Gasteiger partial charge in [-0.05, 0) is 6.07 Å². The lowest BCUT2D eigenvalue weighted by molar-refractivity contribution is -0.137. The Hall–Kier alpha value is -1.18. The van der Waals surface area contributed by atoms with Crippen LogP contribution in [0.25, 0.3) is 0 Å². The first-order valence-corrected chi connectivity index (χ1v) is 4.69. The molecule has 0 amide bonds. The molecule has 1 aromatic rings. The van der Waals surface area contributed by atoms with Gasteiger partial charge < -0.3 is 5.73 Å². The normalized spacial score (nSPS) is 15.6. The van der Waals surface area contributed by atoms with E-state index in [2.05, 4.69) is 0 Å². The van der Waals surface area contributed by atoms with Crippen LogP contribution in [0.4, 0.5) is 18.9 Å². The van der Waals surface area contributed by atoms with Gasteiger partial charge in [0.25, 0.3) is 5.11 Å². The van der Waals surface area contributed by atoms with Crippen LogP contribution in [0, 0.1) is 0 Å². The molecule has 7 heteroatoms. The average molecular weight is 250 g/mol. The summed E-state index contributed by atoms with van der Waals surface area (Å²) in [5.74, 6) is 5.70. The number of alkyl halides is 3. The minimum absolute atomic E-state index is 0.112. The van der Waals surface area contributed by atoms with Crippen molar-refractivity contribution >= 4 is 23.0 Å². The molecule has 0 aliphatic carbocycles. The maximum atomic E-state index is 12.4. The van der Waals surface area contributed by atoms with Crippen molar-refractivity contribution in [1.29, 1.82) is 0 Å². The molecule has 0 aliphatic heterocycles. The van der Waals surface area contributed by atoms with E-state index in [9.17, 15) is 13.2 Å². The molecule has 3 nitrogen and oxygen atoms in total. The van der Waals surface area contributed by atoms with E-state index in [1.807, 2.05) is 0 Å². The third-order valence-electron chi connectivity index (χ3n) is 2.17. The molecular formula is C9H11F3N3S+. The lowest BCUT2D eigenvalue weighted by Gasteiger charge is -2.25. The highest BCUT2D eigenvalue weighted by atomic mass is 32.1. The second kappa shape index (κ2) is 4.00. The van der Waals surface area contributed by atoms with Crippen molar-refractivity contribution in [3.05, 3.63) is 29.8 Å². The largest absolute Gasteiger partial charge is 0.416 e. The van der Waals surface area contributed by atoms with Gasteiger partial charge in [-0.2, -0.15) is 23.6 Å². The maximum absolute atomic E-state index is 12.4. The summed E-state index contributed by atoms with van der Waals surface area (Å²) in [7, 11) is 1.41. The summed E-state index contributed by atoms with van der Waals surface area (Å²) < 4.78 is 36.8. The number of benzene rings is 1. The number of hydrogen-bond donors (Lipinski definition) is 2. The van der Waals surface area contributed by atoms with Gasteiger partial charge in [0.1, 0.15) is 0 Å². The van der Waals surface area contributed by atoms with Crippen molar-refractivity contribution in [1.82, 2.24) is 4.59 Å². The van der Waals surface area contributed by atoms with E-state index in [0.717, 1.165) is 12.1 Å². The number of quaternary nitrogens is 1. The van der Waals surface area contributed by atoms with Gasteiger partial charge in [0.15, 0.2) is 5.69 Å². The molecule has 4 N–H and O–H groups in total. The van der Waals surface area contributed by atoms with Crippen LogP contribution in [0.2, 0.25) is 0 Å². The Balaban J connectivity index is 3.23. The number of thiocarbonyl (C=S) groups is 1. The molecule has 0 aliphatic rings. The Kier molecular flexibility index (Phi) is 3.22. The van der Waals surface area contributed by atoms with Gasteiger partial charge >= 0.3 is 6.18 Å². The maximum Gasteiger partial charge on any atom is 0.416 e. The van der Waals surface area contributed by atoms with Crippen LogP contribution in [-0.2, 0) is 6.18 Å². The zero-order chi connectivity index (χ0) is 12.6. The van der Waals surface area contributed by atoms with E-state index in [1.165, 1.54) is 19.2 Å². The summed E-state index contributed by atoms with van der Waals surface area (Å²) in [6.07, 6.45) is -4.41. The molecule has 0 saturated carbocycles. The minimum atomic E-state index is -4.41. The van der Waals surface area contributed by atoms with Crippen LogP contribution in [-0.4, -0.2) is 12.2 Å². The fourth-order valence-corrected chi connectivity index (χ4v) is 1.20. The van der Waals surface area contributed by atoms with E-state index < -0.39 is 16.3 Å². The Morgan fingerprint density at radius 2 is 1.94 bits per heavy atom. The topological polar surface area (TPSA) is 52.0 Å². The first-order valence-electron chi connectivity index (χ1n) is 4.28. The molecule has 0 radical (unpaired) electrons. The monoisotopic (exact) mass is 250 g/mol. The minimum Gasteiger partial charge on any atom is -0.343 e. The summed E-state index contributed by atoms with van der Waals surface area (Å²) in [6, 6.07) is 4.59. The molecule has 88 valence electrons. The predicted octanol–water partition coefficient (Wildman–Crippen LogP) is 1.76. The summed E-state index contributed by atoms with van der Waals surface area (Å²) >= 11 is 4.69. The van der Waals surface area contributed by atoms with E-state index in [1.54, 1.807) is 0 Å². The fraction of sp³-hybridized carbons (Fsp3) is 0.222. The first-order chi connectivity index (χ1) is 7.15. The first kappa shape index (κ1) is 12.9. The van der Waals surface area contributed by atoms with Gasteiger partial charge in [0, 0.05) is 24.4 Å². The van der Waals surface area contributed by atoms with E-state index in [0.29, 0.717) is 0 Å². The molecule has 16 heavy (non-hydrogen) atoms. The molecule has 1 rings (SSSR count). The Bertz CT molecular complexity index is 415. The van der Waals surface area contributed by atoms with Crippen LogP contribution in [0.1, 0.15) is 5.56 Å².